The second-order valence-corrected chi connectivity index (χ2v) is 6.65. The number of nitrogens with one attached hydrogen (secondary N) is 1. The Morgan fingerprint density at radius 2 is 2.10 bits per heavy atom. The third kappa shape index (κ3) is 2.52. The van der Waals surface area contributed by atoms with Crippen LogP contribution < -0.4 is 5.32 Å². The van der Waals surface area contributed by atoms with Crippen LogP contribution >= 0.6 is 0 Å². The van der Waals surface area contributed by atoms with Crippen LogP contribution in [-0.2, 0) is 0 Å². The highest BCUT2D eigenvalue weighted by atomic mass is 15.3. The van der Waals surface area contributed by atoms with Crippen molar-refractivity contribution in [2.75, 3.05) is 5.32 Å². The van der Waals surface area contributed by atoms with E-state index < -0.39 is 0 Å². The van der Waals surface area contributed by atoms with Gasteiger partial charge in [0.2, 0.25) is 0 Å². The van der Waals surface area contributed by atoms with Gasteiger partial charge in [-0.05, 0) is 38.0 Å². The number of hydrogen-bond acceptors (Lipinski definition) is 3. The average Bonchev–Trinajstić information content (AvgIpc) is 3.00. The Morgan fingerprint density at radius 3 is 2.81 bits per heavy atom. The summed E-state index contributed by atoms with van der Waals surface area (Å²) < 4.78 is 1.96. The number of hydrogen-bond donors (Lipinski definition) is 1. The first-order valence-electron chi connectivity index (χ1n) is 8.46. The molecule has 0 spiro atoms. The SMILES string of the molecule is CCC(c1cc(NC2CCCC2)n2nccc2n1)C1CC1. The van der Waals surface area contributed by atoms with Crippen LogP contribution in [0.4, 0.5) is 5.82 Å². The summed E-state index contributed by atoms with van der Waals surface area (Å²) in [5.74, 6) is 2.60. The number of nitrogens with zero attached hydrogens (tertiary/aromatic N) is 3. The summed E-state index contributed by atoms with van der Waals surface area (Å²) in [5, 5.41) is 8.15. The topological polar surface area (TPSA) is 42.2 Å². The lowest BCUT2D eigenvalue weighted by atomic mass is 9.96. The van der Waals surface area contributed by atoms with Crippen LogP contribution in [0.5, 0.6) is 0 Å². The van der Waals surface area contributed by atoms with E-state index in [1.54, 1.807) is 0 Å². The molecule has 1 atom stereocenters. The van der Waals surface area contributed by atoms with Gasteiger partial charge < -0.3 is 5.32 Å². The third-order valence-electron chi connectivity index (χ3n) is 5.10. The molecule has 112 valence electrons. The van der Waals surface area contributed by atoms with Crippen molar-refractivity contribution in [2.45, 2.75) is 63.8 Å². The molecule has 0 amide bonds. The second kappa shape index (κ2) is 5.32. The van der Waals surface area contributed by atoms with Gasteiger partial charge >= 0.3 is 0 Å². The Morgan fingerprint density at radius 1 is 1.29 bits per heavy atom. The van der Waals surface area contributed by atoms with Crippen molar-refractivity contribution in [2.24, 2.45) is 5.92 Å². The van der Waals surface area contributed by atoms with E-state index in [4.69, 9.17) is 4.98 Å². The minimum absolute atomic E-state index is 0.605. The third-order valence-corrected chi connectivity index (χ3v) is 5.10. The molecule has 4 nitrogen and oxygen atoms in total. The molecule has 0 saturated heterocycles. The fourth-order valence-electron chi connectivity index (χ4n) is 3.79. The van der Waals surface area contributed by atoms with Crippen LogP contribution in [0.25, 0.3) is 5.65 Å². The van der Waals surface area contributed by atoms with Crippen molar-refractivity contribution in [3.05, 3.63) is 24.0 Å². The van der Waals surface area contributed by atoms with Gasteiger partial charge in [0.1, 0.15) is 5.82 Å². The largest absolute Gasteiger partial charge is 0.367 e. The molecule has 2 aliphatic carbocycles. The molecule has 4 rings (SSSR count). The predicted octanol–water partition coefficient (Wildman–Crippen LogP) is 3.99. The highest BCUT2D eigenvalue weighted by Crippen LogP contribution is 2.44. The van der Waals surface area contributed by atoms with Crippen LogP contribution in [0, 0.1) is 5.92 Å². The lowest BCUT2D eigenvalue weighted by Gasteiger charge is -2.18. The zero-order valence-electron chi connectivity index (χ0n) is 12.8. The molecule has 2 fully saturated rings. The fraction of sp³-hybridized carbons (Fsp3) is 0.647. The Bertz CT molecular complexity index is 623. The molecule has 1 N–H and O–H groups in total. The van der Waals surface area contributed by atoms with Crippen molar-refractivity contribution in [3.63, 3.8) is 0 Å². The second-order valence-electron chi connectivity index (χ2n) is 6.65. The maximum atomic E-state index is 4.86. The van der Waals surface area contributed by atoms with Gasteiger partial charge in [0, 0.05) is 29.8 Å². The molecular formula is C17H24N4. The predicted molar refractivity (Wildman–Crippen MR) is 84.6 cm³/mol. The van der Waals surface area contributed by atoms with Crippen molar-refractivity contribution in [3.8, 4) is 0 Å². The van der Waals surface area contributed by atoms with Crippen molar-refractivity contribution in [1.29, 1.82) is 0 Å². The Hall–Kier alpha value is -1.58. The Labute approximate surface area is 126 Å². The van der Waals surface area contributed by atoms with Crippen molar-refractivity contribution in [1.82, 2.24) is 14.6 Å². The van der Waals surface area contributed by atoms with Gasteiger partial charge in [0.05, 0.1) is 6.20 Å². The summed E-state index contributed by atoms with van der Waals surface area (Å²) in [7, 11) is 0. The van der Waals surface area contributed by atoms with Crippen molar-refractivity contribution < 1.29 is 0 Å². The van der Waals surface area contributed by atoms with Gasteiger partial charge in [-0.25, -0.2) is 4.98 Å². The van der Waals surface area contributed by atoms with Gasteiger partial charge in [-0.15, -0.1) is 0 Å². The number of anilines is 1. The van der Waals surface area contributed by atoms with E-state index in [1.165, 1.54) is 50.6 Å². The minimum atomic E-state index is 0.605. The monoisotopic (exact) mass is 284 g/mol. The van der Waals surface area contributed by atoms with Gasteiger partial charge in [0.25, 0.3) is 0 Å². The van der Waals surface area contributed by atoms with E-state index in [0.29, 0.717) is 12.0 Å². The number of fused-ring (bicyclic) bond motifs is 1. The smallest absolute Gasteiger partial charge is 0.157 e. The quantitative estimate of drug-likeness (QED) is 0.902. The molecule has 2 aliphatic rings. The van der Waals surface area contributed by atoms with E-state index in [9.17, 15) is 0 Å². The van der Waals surface area contributed by atoms with Crippen LogP contribution in [0.1, 0.15) is 63.5 Å². The van der Waals surface area contributed by atoms with Gasteiger partial charge in [-0.1, -0.05) is 19.8 Å². The first-order chi connectivity index (χ1) is 10.3. The molecule has 2 heterocycles. The lowest BCUT2D eigenvalue weighted by Crippen LogP contribution is -2.18. The summed E-state index contributed by atoms with van der Waals surface area (Å²) in [6.45, 7) is 2.29. The summed E-state index contributed by atoms with van der Waals surface area (Å²) in [4.78, 5) is 4.86. The molecule has 0 bridgehead atoms. The molecule has 4 heteroatoms. The van der Waals surface area contributed by atoms with Crippen LogP contribution in [0.3, 0.4) is 0 Å². The first kappa shape index (κ1) is 13.1. The first-order valence-corrected chi connectivity index (χ1v) is 8.46. The molecule has 0 radical (unpaired) electrons. The Kier molecular flexibility index (Phi) is 3.32. The maximum absolute atomic E-state index is 4.86. The summed E-state index contributed by atoms with van der Waals surface area (Å²) in [6.07, 6.45) is 11.0. The van der Waals surface area contributed by atoms with Gasteiger partial charge in [-0.2, -0.15) is 9.61 Å². The normalized spacial score (nSPS) is 21.0. The summed E-state index contributed by atoms with van der Waals surface area (Å²) in [6, 6.07) is 4.88. The average molecular weight is 284 g/mol. The number of rotatable bonds is 5. The van der Waals surface area contributed by atoms with Crippen molar-refractivity contribution >= 4 is 11.5 Å². The van der Waals surface area contributed by atoms with Crippen LogP contribution in [-0.4, -0.2) is 20.6 Å². The van der Waals surface area contributed by atoms with Gasteiger partial charge in [0.15, 0.2) is 5.65 Å². The summed E-state index contributed by atoms with van der Waals surface area (Å²) >= 11 is 0. The van der Waals surface area contributed by atoms with Crippen LogP contribution in [0.2, 0.25) is 0 Å². The Balaban J connectivity index is 1.70. The molecule has 2 saturated carbocycles. The minimum Gasteiger partial charge on any atom is -0.367 e. The van der Waals surface area contributed by atoms with E-state index in [0.717, 1.165) is 17.4 Å². The zero-order chi connectivity index (χ0) is 14.2. The molecule has 0 aliphatic heterocycles. The molecule has 2 aromatic rings. The molecule has 21 heavy (non-hydrogen) atoms. The lowest BCUT2D eigenvalue weighted by molar-refractivity contribution is 0.570. The molecular weight excluding hydrogens is 260 g/mol. The zero-order valence-corrected chi connectivity index (χ0v) is 12.8. The molecule has 0 aromatic carbocycles. The van der Waals surface area contributed by atoms with Gasteiger partial charge in [-0.3, -0.25) is 0 Å². The van der Waals surface area contributed by atoms with E-state index in [2.05, 4.69) is 23.4 Å². The molecule has 1 unspecified atom stereocenters. The fourth-order valence-corrected chi connectivity index (χ4v) is 3.79. The molecule has 2 aromatic heterocycles. The highest BCUT2D eigenvalue weighted by molar-refractivity contribution is 5.50. The van der Waals surface area contributed by atoms with Crippen LogP contribution in [0.15, 0.2) is 18.3 Å². The maximum Gasteiger partial charge on any atom is 0.157 e. The van der Waals surface area contributed by atoms with E-state index in [-0.39, 0.29) is 0 Å². The highest BCUT2D eigenvalue weighted by Gasteiger charge is 2.32. The standard InChI is InChI=1S/C17H24N4/c1-2-14(12-7-8-12)15-11-17(19-13-5-3-4-6-13)21-16(20-15)9-10-18-21/h9-14,19H,2-8H2,1H3. The number of aromatic nitrogens is 3. The van der Waals surface area contributed by atoms with E-state index in [1.807, 2.05) is 16.8 Å². The summed E-state index contributed by atoms with van der Waals surface area (Å²) in [5.41, 5.74) is 2.24. The van der Waals surface area contributed by atoms with E-state index >= 15 is 0 Å².